The first kappa shape index (κ1) is 21.7. The summed E-state index contributed by atoms with van der Waals surface area (Å²) in [5.74, 6) is 1.12. The molecule has 1 atom stereocenters. The Balaban J connectivity index is 1.42. The molecule has 5 heterocycles. The predicted octanol–water partition coefficient (Wildman–Crippen LogP) is 2.18. The molecular weight excluding hydrogens is 468 g/mol. The third-order valence-electron chi connectivity index (χ3n) is 6.38. The number of nitrogens with one attached hydrogen (secondary N) is 1. The summed E-state index contributed by atoms with van der Waals surface area (Å²) in [5.41, 5.74) is 3.00. The summed E-state index contributed by atoms with van der Waals surface area (Å²) in [7, 11) is -3.30. The molecule has 0 bridgehead atoms. The van der Waals surface area contributed by atoms with Gasteiger partial charge in [-0.2, -0.15) is 0 Å². The van der Waals surface area contributed by atoms with Crippen LogP contribution in [0.25, 0.3) is 22.4 Å². The van der Waals surface area contributed by atoms with Crippen LogP contribution in [0.4, 0.5) is 11.5 Å². The zero-order valence-electron chi connectivity index (χ0n) is 18.9. The van der Waals surface area contributed by atoms with Gasteiger partial charge in [0.2, 0.25) is 0 Å². The molecule has 3 aromatic heterocycles. The van der Waals surface area contributed by atoms with E-state index in [0.717, 1.165) is 22.2 Å². The van der Waals surface area contributed by atoms with Crippen LogP contribution >= 0.6 is 0 Å². The van der Waals surface area contributed by atoms with Crippen LogP contribution in [0.2, 0.25) is 0 Å². The van der Waals surface area contributed by atoms with E-state index >= 15 is 0 Å². The normalized spacial score (nSPS) is 18.0. The topological polar surface area (TPSA) is 121 Å². The Hall–Kier alpha value is -3.83. The molecule has 10 nitrogen and oxygen atoms in total. The molecule has 6 rings (SSSR count). The number of hydrogen-bond acceptors (Lipinski definition) is 8. The van der Waals surface area contributed by atoms with Gasteiger partial charge in [-0.05, 0) is 29.8 Å². The van der Waals surface area contributed by atoms with E-state index in [2.05, 4.69) is 15.0 Å². The molecule has 0 aliphatic carbocycles. The second-order valence-electron chi connectivity index (χ2n) is 8.63. The molecule has 1 fully saturated rings. The number of amides is 1. The van der Waals surface area contributed by atoms with Crippen LogP contribution in [0.1, 0.15) is 5.56 Å². The fourth-order valence-corrected chi connectivity index (χ4v) is 5.22. The number of carbonyl (C=O) groups is 1. The highest BCUT2D eigenvalue weighted by atomic mass is 32.2. The van der Waals surface area contributed by atoms with Crippen molar-refractivity contribution in [1.82, 2.24) is 19.9 Å². The molecule has 178 valence electrons. The van der Waals surface area contributed by atoms with E-state index in [1.807, 2.05) is 23.2 Å². The van der Waals surface area contributed by atoms with Gasteiger partial charge in [-0.3, -0.25) is 4.79 Å². The van der Waals surface area contributed by atoms with Crippen molar-refractivity contribution >= 4 is 38.3 Å². The second-order valence-corrected chi connectivity index (χ2v) is 10.6. The summed E-state index contributed by atoms with van der Waals surface area (Å²) in [6.45, 7) is 1.59. The summed E-state index contributed by atoms with van der Waals surface area (Å²) < 4.78 is 29.2. The number of H-pyrrole nitrogens is 1. The molecule has 1 saturated heterocycles. The van der Waals surface area contributed by atoms with Crippen LogP contribution in [-0.2, 0) is 25.9 Å². The number of nitrogens with zero attached hydrogens (tertiary/aromatic N) is 5. The lowest BCUT2D eigenvalue weighted by Crippen LogP contribution is -2.58. The molecule has 1 N–H and O–H groups in total. The third kappa shape index (κ3) is 3.72. The molecule has 0 spiro atoms. The Morgan fingerprint density at radius 1 is 1.17 bits per heavy atom. The summed E-state index contributed by atoms with van der Waals surface area (Å²) in [4.78, 5) is 34.4. The van der Waals surface area contributed by atoms with Crippen LogP contribution in [-0.4, -0.2) is 66.3 Å². The van der Waals surface area contributed by atoms with Crippen molar-refractivity contribution in [2.24, 2.45) is 0 Å². The smallest absolute Gasteiger partial charge is 0.252 e. The standard InChI is InChI=1S/C24H22N6O4S/c1-35(32,33)16-6-4-15(5-7-16)13-30-19-12-27-22(18-11-26-21-17(18)3-2-8-25-21)28-23(19)29-9-10-34-14-20(29)24(30)31/h2-8,11-12,20H,9-10,13-14H2,1H3,(H,25,26). The van der Waals surface area contributed by atoms with Gasteiger partial charge in [-0.1, -0.05) is 12.1 Å². The molecule has 1 amide bonds. The van der Waals surface area contributed by atoms with E-state index in [9.17, 15) is 13.2 Å². The van der Waals surface area contributed by atoms with Gasteiger partial charge in [-0.15, -0.1) is 0 Å². The van der Waals surface area contributed by atoms with Crippen molar-refractivity contribution in [2.45, 2.75) is 17.5 Å². The van der Waals surface area contributed by atoms with Crippen LogP contribution in [0.15, 0.2) is 59.9 Å². The molecule has 0 saturated carbocycles. The summed E-state index contributed by atoms with van der Waals surface area (Å²) in [6.07, 6.45) is 6.41. The van der Waals surface area contributed by atoms with E-state index in [1.54, 1.807) is 41.6 Å². The first-order chi connectivity index (χ1) is 16.9. The number of carbonyl (C=O) groups excluding carboxylic acids is 1. The number of aromatic nitrogens is 4. The number of rotatable bonds is 4. The molecule has 35 heavy (non-hydrogen) atoms. The fourth-order valence-electron chi connectivity index (χ4n) is 4.59. The first-order valence-corrected chi connectivity index (χ1v) is 13.0. The number of benzene rings is 1. The minimum absolute atomic E-state index is 0.1000. The molecule has 2 aliphatic rings. The van der Waals surface area contributed by atoms with Crippen molar-refractivity contribution in [1.29, 1.82) is 0 Å². The molecular formula is C24H22N6O4S. The Labute approximate surface area is 201 Å². The number of ether oxygens (including phenoxy) is 1. The van der Waals surface area contributed by atoms with Crippen molar-refractivity contribution in [2.75, 3.05) is 35.8 Å². The molecule has 1 unspecified atom stereocenters. The number of anilines is 2. The highest BCUT2D eigenvalue weighted by Crippen LogP contribution is 2.38. The minimum Gasteiger partial charge on any atom is -0.377 e. The number of sulfone groups is 1. The second kappa shape index (κ2) is 8.14. The van der Waals surface area contributed by atoms with Crippen molar-refractivity contribution in [3.05, 3.63) is 60.6 Å². The van der Waals surface area contributed by atoms with Crippen LogP contribution in [0.3, 0.4) is 0 Å². The average Bonchev–Trinajstić information content (AvgIpc) is 3.30. The highest BCUT2D eigenvalue weighted by Gasteiger charge is 2.41. The Morgan fingerprint density at radius 2 is 2.00 bits per heavy atom. The van der Waals surface area contributed by atoms with Crippen LogP contribution < -0.4 is 9.80 Å². The highest BCUT2D eigenvalue weighted by molar-refractivity contribution is 7.90. The van der Waals surface area contributed by atoms with Gasteiger partial charge in [0.05, 0.1) is 30.9 Å². The fraction of sp³-hybridized carbons (Fsp3) is 0.250. The van der Waals surface area contributed by atoms with Crippen molar-refractivity contribution in [3.8, 4) is 11.4 Å². The van der Waals surface area contributed by atoms with Gasteiger partial charge in [-0.25, -0.2) is 23.4 Å². The number of morpholine rings is 1. The largest absolute Gasteiger partial charge is 0.377 e. The Bertz CT molecular complexity index is 1550. The molecule has 2 aliphatic heterocycles. The molecule has 11 heteroatoms. The predicted molar refractivity (Wildman–Crippen MR) is 130 cm³/mol. The average molecular weight is 491 g/mol. The number of pyridine rings is 1. The van der Waals surface area contributed by atoms with Crippen LogP contribution in [0.5, 0.6) is 0 Å². The number of fused-ring (bicyclic) bond motifs is 4. The lowest BCUT2D eigenvalue weighted by molar-refractivity contribution is -0.122. The lowest BCUT2D eigenvalue weighted by atomic mass is 10.1. The van der Waals surface area contributed by atoms with Gasteiger partial charge in [0.15, 0.2) is 21.5 Å². The van der Waals surface area contributed by atoms with E-state index in [4.69, 9.17) is 9.72 Å². The van der Waals surface area contributed by atoms with Gasteiger partial charge in [0, 0.05) is 36.1 Å². The number of aromatic amines is 1. The van der Waals surface area contributed by atoms with Crippen molar-refractivity contribution < 1.29 is 17.9 Å². The van der Waals surface area contributed by atoms with E-state index < -0.39 is 15.9 Å². The molecule has 4 aromatic rings. The maximum Gasteiger partial charge on any atom is 0.252 e. The molecule has 1 aromatic carbocycles. The van der Waals surface area contributed by atoms with Gasteiger partial charge < -0.3 is 19.5 Å². The summed E-state index contributed by atoms with van der Waals surface area (Å²) in [5, 5.41) is 0.917. The van der Waals surface area contributed by atoms with E-state index in [-0.39, 0.29) is 24.0 Å². The molecule has 0 radical (unpaired) electrons. The monoisotopic (exact) mass is 490 g/mol. The van der Waals surface area contributed by atoms with Gasteiger partial charge in [0.1, 0.15) is 17.4 Å². The van der Waals surface area contributed by atoms with Gasteiger partial charge in [0.25, 0.3) is 5.91 Å². The third-order valence-corrected chi connectivity index (χ3v) is 7.51. The van der Waals surface area contributed by atoms with Crippen molar-refractivity contribution in [3.63, 3.8) is 0 Å². The number of hydrogen-bond donors (Lipinski definition) is 1. The zero-order valence-corrected chi connectivity index (χ0v) is 19.7. The van der Waals surface area contributed by atoms with E-state index in [1.165, 1.54) is 6.26 Å². The van der Waals surface area contributed by atoms with Crippen LogP contribution in [0, 0.1) is 0 Å². The Morgan fingerprint density at radius 3 is 2.80 bits per heavy atom. The SMILES string of the molecule is CS(=O)(=O)c1ccc(CN2C(=O)C3COCCN3c3nc(-c4c[nH]c5ncccc45)ncc32)cc1. The van der Waals surface area contributed by atoms with E-state index in [0.29, 0.717) is 30.5 Å². The van der Waals surface area contributed by atoms with Gasteiger partial charge >= 0.3 is 0 Å². The first-order valence-electron chi connectivity index (χ1n) is 11.1. The summed E-state index contributed by atoms with van der Waals surface area (Å²) in [6, 6.07) is 9.90. The Kier molecular flexibility index (Phi) is 5.04. The lowest BCUT2D eigenvalue weighted by Gasteiger charge is -2.43. The maximum atomic E-state index is 13.5. The quantitative estimate of drug-likeness (QED) is 0.462. The zero-order chi connectivity index (χ0) is 24.2. The minimum atomic E-state index is -3.30. The maximum absolute atomic E-state index is 13.5. The summed E-state index contributed by atoms with van der Waals surface area (Å²) >= 11 is 0.